The lowest BCUT2D eigenvalue weighted by molar-refractivity contribution is -0.132. The number of hydrogen-bond acceptors (Lipinski definition) is 5. The SMILES string of the molecule is [2H]C([2H])([2H])c1nc2cccc(N)c2c(=O)n1[C@H]1C(=O)CC(=O)C([2H])([2H])C1([2H])[2H]. The van der Waals surface area contributed by atoms with Gasteiger partial charge in [-0.3, -0.25) is 19.0 Å². The fourth-order valence-corrected chi connectivity index (χ4v) is 2.24. The van der Waals surface area contributed by atoms with Gasteiger partial charge in [0.05, 0.1) is 23.4 Å². The maximum absolute atomic E-state index is 13.1. The van der Waals surface area contributed by atoms with Gasteiger partial charge in [0.15, 0.2) is 5.78 Å². The number of ketones is 2. The van der Waals surface area contributed by atoms with Gasteiger partial charge >= 0.3 is 0 Å². The molecular weight excluding hydrogens is 270 g/mol. The largest absolute Gasteiger partial charge is 0.398 e. The number of fused-ring (bicyclic) bond motifs is 1. The van der Waals surface area contributed by atoms with Crippen LogP contribution < -0.4 is 11.3 Å². The highest BCUT2D eigenvalue weighted by molar-refractivity contribution is 6.03. The second-order valence-electron chi connectivity index (χ2n) is 4.59. The molecule has 2 N–H and O–H groups in total. The van der Waals surface area contributed by atoms with Gasteiger partial charge in [0.2, 0.25) is 0 Å². The smallest absolute Gasteiger partial charge is 0.264 e. The zero-order chi connectivity index (χ0) is 21.2. The van der Waals surface area contributed by atoms with Crippen LogP contribution in [0, 0.1) is 6.85 Å². The lowest BCUT2D eigenvalue weighted by Crippen LogP contribution is -2.36. The van der Waals surface area contributed by atoms with Crippen LogP contribution in [0.15, 0.2) is 23.0 Å². The number of carbonyl (C=O) groups is 2. The fraction of sp³-hybridized carbons (Fsp3) is 0.333. The van der Waals surface area contributed by atoms with Crippen LogP contribution in [0.5, 0.6) is 0 Å². The van der Waals surface area contributed by atoms with E-state index >= 15 is 0 Å². The number of hydrogen-bond donors (Lipinski definition) is 1. The van der Waals surface area contributed by atoms with E-state index in [0.29, 0.717) is 4.57 Å². The van der Waals surface area contributed by atoms with Crippen LogP contribution in [-0.4, -0.2) is 21.1 Å². The average Bonchev–Trinajstić information content (AvgIpc) is 2.54. The number of nitrogen functional groups attached to an aromatic ring is 1. The van der Waals surface area contributed by atoms with Crippen molar-refractivity contribution in [2.75, 3.05) is 5.73 Å². The van der Waals surface area contributed by atoms with Crippen LogP contribution in [0.1, 0.15) is 40.6 Å². The average molecular weight is 292 g/mol. The summed E-state index contributed by atoms with van der Waals surface area (Å²) in [6.45, 7) is -3.03. The number of anilines is 1. The van der Waals surface area contributed by atoms with Crippen molar-refractivity contribution < 1.29 is 19.2 Å². The van der Waals surface area contributed by atoms with Crippen molar-refractivity contribution in [2.24, 2.45) is 0 Å². The van der Waals surface area contributed by atoms with Gasteiger partial charge < -0.3 is 5.73 Å². The molecule has 3 rings (SSSR count). The molecule has 0 radical (unpaired) electrons. The topological polar surface area (TPSA) is 95.0 Å². The van der Waals surface area contributed by atoms with Crippen LogP contribution >= 0.6 is 0 Å². The molecule has 1 aliphatic rings. The Bertz CT molecular complexity index is 1070. The van der Waals surface area contributed by atoms with Gasteiger partial charge in [0.1, 0.15) is 11.6 Å². The molecule has 0 aliphatic heterocycles. The summed E-state index contributed by atoms with van der Waals surface area (Å²) in [4.78, 5) is 41.4. The van der Waals surface area contributed by atoms with Crippen molar-refractivity contribution in [3.05, 3.63) is 34.4 Å². The molecule has 6 heteroatoms. The first kappa shape index (κ1) is 7.49. The van der Waals surface area contributed by atoms with Gasteiger partial charge in [-0.25, -0.2) is 4.98 Å². The molecule has 1 aromatic heterocycles. The van der Waals surface area contributed by atoms with Crippen molar-refractivity contribution in [2.45, 2.75) is 32.1 Å². The van der Waals surface area contributed by atoms with E-state index in [1.807, 2.05) is 0 Å². The van der Waals surface area contributed by atoms with Crippen LogP contribution in [0.4, 0.5) is 5.69 Å². The second-order valence-corrected chi connectivity index (χ2v) is 4.59. The van der Waals surface area contributed by atoms with Crippen LogP contribution in [0.2, 0.25) is 0 Å². The van der Waals surface area contributed by atoms with Gasteiger partial charge in [0.25, 0.3) is 5.56 Å². The van der Waals surface area contributed by atoms with Crippen LogP contribution in [-0.2, 0) is 9.59 Å². The summed E-state index contributed by atoms with van der Waals surface area (Å²) in [7, 11) is 0. The fourth-order valence-electron chi connectivity index (χ4n) is 2.24. The third kappa shape index (κ3) is 2.12. The van der Waals surface area contributed by atoms with Gasteiger partial charge in [-0.1, -0.05) is 6.07 Å². The van der Waals surface area contributed by atoms with Gasteiger partial charge in [-0.15, -0.1) is 0 Å². The number of Topliss-reactive ketones (excluding diaryl/α,β-unsaturated/α-hetero) is 2. The third-order valence-electron chi connectivity index (χ3n) is 3.21. The van der Waals surface area contributed by atoms with Crippen LogP contribution in [0.3, 0.4) is 0 Å². The number of nitrogens with two attached hydrogens (primary N) is 1. The number of aryl methyl sites for hydroxylation is 1. The predicted octanol–water partition coefficient (Wildman–Crippen LogP) is 1.15. The molecule has 1 fully saturated rings. The molecule has 0 spiro atoms. The molecule has 1 atom stereocenters. The zero-order valence-electron chi connectivity index (χ0n) is 17.7. The molecule has 0 unspecified atom stereocenters. The second kappa shape index (κ2) is 4.80. The Morgan fingerprint density at radius 3 is 3.00 bits per heavy atom. The summed E-state index contributed by atoms with van der Waals surface area (Å²) in [5, 5.41) is -0.225. The first-order valence-corrected chi connectivity index (χ1v) is 6.08. The number of carbonyl (C=O) groups excluding carboxylic acids is 2. The number of benzene rings is 1. The Morgan fingerprint density at radius 1 is 1.43 bits per heavy atom. The summed E-state index contributed by atoms with van der Waals surface area (Å²) in [5.41, 5.74) is 4.57. The molecule has 108 valence electrons. The predicted molar refractivity (Wildman–Crippen MR) is 78.1 cm³/mol. The molecule has 6 nitrogen and oxygen atoms in total. The van der Waals surface area contributed by atoms with E-state index in [0.717, 1.165) is 0 Å². The van der Waals surface area contributed by atoms with Crippen LogP contribution in [0.25, 0.3) is 10.9 Å². The molecule has 0 amide bonds. The molecule has 21 heavy (non-hydrogen) atoms. The summed E-state index contributed by atoms with van der Waals surface area (Å²) in [6.07, 6.45) is -7.29. The van der Waals surface area contributed by atoms with E-state index in [4.69, 9.17) is 15.3 Å². The molecule has 1 saturated carbocycles. The maximum atomic E-state index is 13.1. The Balaban J connectivity index is 2.47. The van der Waals surface area contributed by atoms with E-state index < -0.39 is 55.0 Å². The number of aromatic nitrogens is 2. The number of nitrogens with zero attached hydrogens (tertiary/aromatic N) is 2. The molecule has 2 aromatic rings. The molecule has 0 bridgehead atoms. The van der Waals surface area contributed by atoms with Crippen molar-refractivity contribution in [3.8, 4) is 0 Å². The van der Waals surface area contributed by atoms with Crippen molar-refractivity contribution in [1.29, 1.82) is 0 Å². The Kier molecular flexibility index (Phi) is 1.71. The van der Waals surface area contributed by atoms with Crippen molar-refractivity contribution in [1.82, 2.24) is 9.55 Å². The highest BCUT2D eigenvalue weighted by atomic mass is 16.2. The Morgan fingerprint density at radius 2 is 2.24 bits per heavy atom. The maximum Gasteiger partial charge on any atom is 0.264 e. The lowest BCUT2D eigenvalue weighted by atomic mass is 9.92. The third-order valence-corrected chi connectivity index (χ3v) is 3.21. The summed E-state index contributed by atoms with van der Waals surface area (Å²) in [5.74, 6) is -3.29. The van der Waals surface area contributed by atoms with E-state index in [9.17, 15) is 14.4 Å². The minimum Gasteiger partial charge on any atom is -0.398 e. The molecular formula is C15H15N3O3. The Labute approximate surface area is 130 Å². The van der Waals surface area contributed by atoms with E-state index in [2.05, 4.69) is 4.98 Å². The van der Waals surface area contributed by atoms with Crippen molar-refractivity contribution in [3.63, 3.8) is 0 Å². The minimum absolute atomic E-state index is 0.0599. The van der Waals surface area contributed by atoms with E-state index in [1.165, 1.54) is 18.2 Å². The standard InChI is InChI=1S/C15H15N3O3/c1-8-17-11-4-2-3-10(16)14(11)15(21)18(8)12-6-5-9(19)7-13(12)20/h2-4,12H,5-7,16H2,1H3/t12-/m1/s1/i1D3,5D2,6D2. The highest BCUT2D eigenvalue weighted by Gasteiger charge is 2.30. The number of rotatable bonds is 1. The van der Waals surface area contributed by atoms with Crippen molar-refractivity contribution >= 4 is 28.2 Å². The Hall–Kier alpha value is -2.50. The van der Waals surface area contributed by atoms with Gasteiger partial charge in [-0.05, 0) is 25.4 Å². The first-order valence-electron chi connectivity index (χ1n) is 9.58. The van der Waals surface area contributed by atoms with E-state index in [1.54, 1.807) is 0 Å². The summed E-state index contributed by atoms with van der Waals surface area (Å²) >= 11 is 0. The molecule has 1 heterocycles. The molecule has 1 aliphatic carbocycles. The monoisotopic (exact) mass is 292 g/mol. The minimum atomic E-state index is -3.19. The molecule has 1 aromatic carbocycles. The van der Waals surface area contributed by atoms with Gasteiger partial charge in [0, 0.05) is 21.7 Å². The highest BCUT2D eigenvalue weighted by Crippen LogP contribution is 2.24. The van der Waals surface area contributed by atoms with Gasteiger partial charge in [-0.2, -0.15) is 0 Å². The summed E-state index contributed by atoms with van der Waals surface area (Å²) in [6, 6.07) is 1.94. The first-order chi connectivity index (χ1) is 12.7. The van der Waals surface area contributed by atoms with E-state index in [-0.39, 0.29) is 16.6 Å². The quantitative estimate of drug-likeness (QED) is 0.628. The normalized spacial score (nSPS) is 29.5. The molecule has 0 saturated heterocycles. The zero-order valence-corrected chi connectivity index (χ0v) is 10.7. The summed E-state index contributed by atoms with van der Waals surface area (Å²) < 4.78 is 55.1. The lowest BCUT2D eigenvalue weighted by Gasteiger charge is -2.24.